The summed E-state index contributed by atoms with van der Waals surface area (Å²) in [5.41, 5.74) is -2.11. The number of ether oxygens (including phenoxy) is 3. The minimum Gasteiger partial charge on any atom is -0.441 e. The lowest BCUT2D eigenvalue weighted by atomic mass is 9.91. The molecule has 4 rings (SSSR count). The fourth-order valence-corrected chi connectivity index (χ4v) is 5.02. The van der Waals surface area contributed by atoms with Crippen molar-refractivity contribution < 1.29 is 45.3 Å². The summed E-state index contributed by atoms with van der Waals surface area (Å²) in [7, 11) is 1.51. The van der Waals surface area contributed by atoms with Gasteiger partial charge in [0, 0.05) is 46.2 Å². The summed E-state index contributed by atoms with van der Waals surface area (Å²) < 4.78 is 96.6. The molecule has 12 heteroatoms. The van der Waals surface area contributed by atoms with E-state index >= 15 is 0 Å². The van der Waals surface area contributed by atoms with Gasteiger partial charge in [-0.25, -0.2) is 4.79 Å². The molecule has 0 unspecified atom stereocenters. The van der Waals surface area contributed by atoms with Crippen molar-refractivity contribution in [1.82, 2.24) is 9.80 Å². The van der Waals surface area contributed by atoms with Gasteiger partial charge in [-0.1, -0.05) is 24.3 Å². The number of carbonyl (C=O) groups is 1. The maximum Gasteiger partial charge on any atom is 0.416 e. The van der Waals surface area contributed by atoms with Crippen molar-refractivity contribution in [2.24, 2.45) is 0 Å². The molecule has 0 N–H and O–H groups in total. The number of alkyl halides is 6. The molecular weight excluding hydrogens is 530 g/mol. The highest BCUT2D eigenvalue weighted by Crippen LogP contribution is 2.37. The predicted molar refractivity (Wildman–Crippen MR) is 129 cm³/mol. The van der Waals surface area contributed by atoms with E-state index in [1.165, 1.54) is 36.3 Å². The summed E-state index contributed by atoms with van der Waals surface area (Å²) >= 11 is 0. The number of rotatable bonds is 9. The lowest BCUT2D eigenvalue weighted by Crippen LogP contribution is -2.47. The molecule has 0 radical (unpaired) electrons. The van der Waals surface area contributed by atoms with E-state index in [1.807, 2.05) is 0 Å². The molecule has 2 heterocycles. The van der Waals surface area contributed by atoms with Crippen LogP contribution in [0.15, 0.2) is 48.5 Å². The third kappa shape index (κ3) is 7.23. The number of halogens is 6. The monoisotopic (exact) mass is 560 g/mol. The second-order valence-electron chi connectivity index (χ2n) is 9.86. The molecule has 0 atom stereocenters. The zero-order valence-electron chi connectivity index (χ0n) is 21.4. The van der Waals surface area contributed by atoms with Gasteiger partial charge in [0.1, 0.15) is 18.4 Å². The van der Waals surface area contributed by atoms with Crippen LogP contribution in [-0.4, -0.2) is 68.1 Å². The lowest BCUT2D eigenvalue weighted by molar-refractivity contribution is -0.138. The number of piperidine rings is 1. The number of hydrogen-bond donors (Lipinski definition) is 0. The predicted octanol–water partition coefficient (Wildman–Crippen LogP) is 6.11. The molecule has 6 nitrogen and oxygen atoms in total. The van der Waals surface area contributed by atoms with Gasteiger partial charge < -0.3 is 19.1 Å². The van der Waals surface area contributed by atoms with Crippen LogP contribution in [0.1, 0.15) is 47.6 Å². The van der Waals surface area contributed by atoms with Gasteiger partial charge in [-0.3, -0.25) is 4.90 Å². The highest BCUT2D eigenvalue weighted by Gasteiger charge is 2.46. The first kappa shape index (κ1) is 29.2. The molecule has 0 aliphatic carbocycles. The average molecular weight is 561 g/mol. The van der Waals surface area contributed by atoms with Crippen molar-refractivity contribution in [3.63, 3.8) is 0 Å². The van der Waals surface area contributed by atoms with Crippen LogP contribution in [0.5, 0.6) is 0 Å². The van der Waals surface area contributed by atoms with Crippen molar-refractivity contribution in [3.05, 3.63) is 70.8 Å². The number of nitrogens with zero attached hydrogens (tertiary/aromatic N) is 2. The second-order valence-corrected chi connectivity index (χ2v) is 9.86. The van der Waals surface area contributed by atoms with E-state index in [2.05, 4.69) is 4.90 Å². The molecule has 2 saturated heterocycles. The number of hydrogen-bond acceptors (Lipinski definition) is 5. The van der Waals surface area contributed by atoms with Crippen LogP contribution < -0.4 is 0 Å². The molecule has 2 fully saturated rings. The van der Waals surface area contributed by atoms with Crippen LogP contribution in [0, 0.1) is 0 Å². The van der Waals surface area contributed by atoms with Crippen LogP contribution in [0.4, 0.5) is 31.1 Å². The zero-order chi connectivity index (χ0) is 28.3. The Bertz CT molecular complexity index is 1070. The summed E-state index contributed by atoms with van der Waals surface area (Å²) in [5, 5.41) is 0. The average Bonchev–Trinajstić information content (AvgIpc) is 3.19. The molecule has 2 aliphatic heterocycles. The zero-order valence-corrected chi connectivity index (χ0v) is 21.4. The number of carbonyl (C=O) groups excluding carboxylic acids is 1. The van der Waals surface area contributed by atoms with Crippen LogP contribution in [0.25, 0.3) is 0 Å². The smallest absolute Gasteiger partial charge is 0.416 e. The standard InChI is InChI=1S/C27H30F6N2O4/c1-37-18-35-17-25(39-24(35)36)9-12-34(13-10-25)11-4-14-38-23(19-5-2-7-21(15-19)26(28,29)30)20-6-3-8-22(16-20)27(31,32)33/h2-3,5-8,15-16,23H,4,9-14,17-18H2,1H3. The summed E-state index contributed by atoms with van der Waals surface area (Å²) in [6.07, 6.45) is -8.90. The van der Waals surface area contributed by atoms with Crippen molar-refractivity contribution in [2.75, 3.05) is 46.6 Å². The molecule has 2 aromatic rings. The van der Waals surface area contributed by atoms with Gasteiger partial charge in [-0.2, -0.15) is 26.3 Å². The topological polar surface area (TPSA) is 51.2 Å². The van der Waals surface area contributed by atoms with E-state index in [9.17, 15) is 31.1 Å². The Hall–Kier alpha value is -2.83. The summed E-state index contributed by atoms with van der Waals surface area (Å²) in [4.78, 5) is 15.7. The minimum atomic E-state index is -4.60. The highest BCUT2D eigenvalue weighted by molar-refractivity contribution is 5.70. The van der Waals surface area contributed by atoms with E-state index in [0.717, 1.165) is 24.3 Å². The molecule has 2 aromatic carbocycles. The van der Waals surface area contributed by atoms with Crippen LogP contribution >= 0.6 is 0 Å². The van der Waals surface area contributed by atoms with Crippen molar-refractivity contribution >= 4 is 6.09 Å². The van der Waals surface area contributed by atoms with Gasteiger partial charge >= 0.3 is 18.4 Å². The molecule has 214 valence electrons. The minimum absolute atomic E-state index is 0.118. The van der Waals surface area contributed by atoms with Gasteiger partial charge in [0.15, 0.2) is 0 Å². The van der Waals surface area contributed by atoms with E-state index in [1.54, 1.807) is 0 Å². The molecule has 1 spiro atoms. The highest BCUT2D eigenvalue weighted by atomic mass is 19.4. The Morgan fingerprint density at radius 3 is 2.03 bits per heavy atom. The molecule has 2 aliphatic rings. The largest absolute Gasteiger partial charge is 0.441 e. The van der Waals surface area contributed by atoms with Gasteiger partial charge in [0.25, 0.3) is 0 Å². The summed E-state index contributed by atoms with van der Waals surface area (Å²) in [6, 6.07) is 8.90. The number of likely N-dealkylation sites (tertiary alicyclic amines) is 1. The SMILES string of the molecule is COCN1CC2(CCN(CCCOC(c3cccc(C(F)(F)F)c3)c3cccc(C(F)(F)F)c3)CC2)OC1=O. The molecule has 0 aromatic heterocycles. The van der Waals surface area contributed by atoms with Crippen LogP contribution in [0.2, 0.25) is 0 Å². The van der Waals surface area contributed by atoms with E-state index in [0.29, 0.717) is 45.4 Å². The van der Waals surface area contributed by atoms with Crippen molar-refractivity contribution in [1.29, 1.82) is 0 Å². The normalized spacial score (nSPS) is 18.3. The van der Waals surface area contributed by atoms with Gasteiger partial charge in [0.2, 0.25) is 0 Å². The Kier molecular flexibility index (Phi) is 8.77. The fraction of sp³-hybridized carbons (Fsp3) is 0.519. The first-order chi connectivity index (χ1) is 18.4. The Morgan fingerprint density at radius 1 is 0.949 bits per heavy atom. The number of benzene rings is 2. The third-order valence-electron chi connectivity index (χ3n) is 7.03. The summed E-state index contributed by atoms with van der Waals surface area (Å²) in [6.45, 7) is 2.73. The van der Waals surface area contributed by atoms with Gasteiger partial charge in [-0.05, 0) is 41.8 Å². The number of amides is 1. The molecular formula is C27H30F6N2O4. The lowest BCUT2D eigenvalue weighted by Gasteiger charge is -2.37. The van der Waals surface area contributed by atoms with Gasteiger partial charge in [-0.15, -0.1) is 0 Å². The van der Waals surface area contributed by atoms with E-state index in [4.69, 9.17) is 14.2 Å². The third-order valence-corrected chi connectivity index (χ3v) is 7.03. The molecule has 0 bridgehead atoms. The van der Waals surface area contributed by atoms with Crippen LogP contribution in [-0.2, 0) is 26.6 Å². The Labute approximate surface area is 222 Å². The molecule has 1 amide bonds. The van der Waals surface area contributed by atoms with E-state index < -0.39 is 41.3 Å². The number of methoxy groups -OCH3 is 1. The quantitative estimate of drug-likeness (QED) is 0.274. The molecule has 0 saturated carbocycles. The Balaban J connectivity index is 1.39. The van der Waals surface area contributed by atoms with Crippen LogP contribution in [0.3, 0.4) is 0 Å². The fourth-order valence-electron chi connectivity index (χ4n) is 5.02. The molecule has 39 heavy (non-hydrogen) atoms. The van der Waals surface area contributed by atoms with Gasteiger partial charge in [0.05, 0.1) is 17.7 Å². The van der Waals surface area contributed by atoms with Crippen molar-refractivity contribution in [3.8, 4) is 0 Å². The van der Waals surface area contributed by atoms with Crippen molar-refractivity contribution in [2.45, 2.75) is 43.3 Å². The summed E-state index contributed by atoms with van der Waals surface area (Å²) in [5.74, 6) is 0. The Morgan fingerprint density at radius 2 is 1.51 bits per heavy atom. The maximum atomic E-state index is 13.3. The maximum absolute atomic E-state index is 13.3. The first-order valence-corrected chi connectivity index (χ1v) is 12.6. The second kappa shape index (κ2) is 11.7. The first-order valence-electron chi connectivity index (χ1n) is 12.6. The van der Waals surface area contributed by atoms with E-state index in [-0.39, 0.29) is 24.5 Å².